The van der Waals surface area contributed by atoms with E-state index >= 15 is 0 Å². The van der Waals surface area contributed by atoms with E-state index in [1.165, 1.54) is 6.42 Å². The molecule has 6 heteroatoms. The third-order valence-electron chi connectivity index (χ3n) is 4.68. The summed E-state index contributed by atoms with van der Waals surface area (Å²) in [4.78, 5) is 2.49. The molecule has 0 aromatic carbocycles. The van der Waals surface area contributed by atoms with Crippen LogP contribution in [-0.2, 0) is 14.8 Å². The molecular weight excluding hydrogens is 288 g/mol. The van der Waals surface area contributed by atoms with Crippen molar-refractivity contribution in [2.24, 2.45) is 5.92 Å². The summed E-state index contributed by atoms with van der Waals surface area (Å²) in [6.45, 7) is 10.6. The smallest absolute Gasteiger partial charge is 0.213 e. The van der Waals surface area contributed by atoms with Crippen LogP contribution < -0.4 is 0 Å². The number of sulfonamides is 1. The number of hydrogen-bond acceptors (Lipinski definition) is 4. The van der Waals surface area contributed by atoms with Gasteiger partial charge in [-0.25, -0.2) is 12.7 Å². The molecule has 2 unspecified atom stereocenters. The summed E-state index contributed by atoms with van der Waals surface area (Å²) in [5.74, 6) is 0.892. The molecule has 2 aliphatic rings. The van der Waals surface area contributed by atoms with Crippen molar-refractivity contribution in [2.75, 3.05) is 38.5 Å². The summed E-state index contributed by atoms with van der Waals surface area (Å²) in [6.07, 6.45) is 3.85. The zero-order chi connectivity index (χ0) is 15.5. The van der Waals surface area contributed by atoms with Crippen molar-refractivity contribution in [3.63, 3.8) is 0 Å². The van der Waals surface area contributed by atoms with Gasteiger partial charge in [-0.2, -0.15) is 0 Å². The predicted octanol–water partition coefficient (Wildman–Crippen LogP) is 1.55. The van der Waals surface area contributed by atoms with E-state index in [1.807, 2.05) is 0 Å². The Bertz CT molecular complexity index is 409. The standard InChI is InChI=1S/C15H30N2O3S/c1-4-21(18,19)17-9-6-15(7-10-17)5-8-16-11-13(2)20-14(3)12-16/h13-15H,4-12H2,1-3H3. The van der Waals surface area contributed by atoms with E-state index < -0.39 is 10.0 Å². The lowest BCUT2D eigenvalue weighted by Gasteiger charge is -2.37. The van der Waals surface area contributed by atoms with Crippen LogP contribution in [0.15, 0.2) is 0 Å². The minimum atomic E-state index is -2.99. The van der Waals surface area contributed by atoms with Gasteiger partial charge in [0.1, 0.15) is 0 Å². The van der Waals surface area contributed by atoms with Crippen LogP contribution in [0.3, 0.4) is 0 Å². The lowest BCUT2D eigenvalue weighted by atomic mass is 9.94. The molecule has 2 saturated heterocycles. The molecule has 2 fully saturated rings. The maximum Gasteiger partial charge on any atom is 0.213 e. The highest BCUT2D eigenvalue weighted by atomic mass is 32.2. The Labute approximate surface area is 129 Å². The third kappa shape index (κ3) is 4.91. The molecule has 0 saturated carbocycles. The minimum absolute atomic E-state index is 0.223. The fourth-order valence-electron chi connectivity index (χ4n) is 3.49. The van der Waals surface area contributed by atoms with Gasteiger partial charge in [0.2, 0.25) is 10.0 Å². The average molecular weight is 318 g/mol. The second kappa shape index (κ2) is 7.40. The van der Waals surface area contributed by atoms with E-state index in [-0.39, 0.29) is 5.75 Å². The quantitative estimate of drug-likeness (QED) is 0.772. The molecule has 0 aromatic rings. The van der Waals surface area contributed by atoms with Gasteiger partial charge >= 0.3 is 0 Å². The Kier molecular flexibility index (Phi) is 6.05. The summed E-state index contributed by atoms with van der Waals surface area (Å²) in [5.41, 5.74) is 0. The van der Waals surface area contributed by atoms with Crippen molar-refractivity contribution in [2.45, 2.75) is 52.2 Å². The Morgan fingerprint density at radius 3 is 2.19 bits per heavy atom. The Morgan fingerprint density at radius 1 is 1.10 bits per heavy atom. The first-order valence-corrected chi connectivity index (χ1v) is 9.87. The van der Waals surface area contributed by atoms with Crippen molar-refractivity contribution >= 4 is 10.0 Å². The van der Waals surface area contributed by atoms with Crippen molar-refractivity contribution in [3.8, 4) is 0 Å². The molecule has 0 amide bonds. The molecular formula is C15H30N2O3S. The molecule has 0 radical (unpaired) electrons. The number of morpholine rings is 1. The van der Waals surface area contributed by atoms with Crippen LogP contribution in [0.1, 0.15) is 40.0 Å². The first kappa shape index (κ1) is 17.2. The van der Waals surface area contributed by atoms with Crippen molar-refractivity contribution in [1.82, 2.24) is 9.21 Å². The average Bonchev–Trinajstić information content (AvgIpc) is 2.44. The molecule has 2 heterocycles. The summed E-state index contributed by atoms with van der Waals surface area (Å²) in [6, 6.07) is 0. The van der Waals surface area contributed by atoms with Gasteiger partial charge < -0.3 is 4.74 Å². The Morgan fingerprint density at radius 2 is 1.67 bits per heavy atom. The molecule has 0 aliphatic carbocycles. The lowest BCUT2D eigenvalue weighted by Crippen LogP contribution is -2.46. The normalized spacial score (nSPS) is 30.6. The summed E-state index contributed by atoms with van der Waals surface area (Å²) < 4.78 is 31.1. The number of hydrogen-bond donors (Lipinski definition) is 0. The Balaban J connectivity index is 1.72. The van der Waals surface area contributed by atoms with Gasteiger partial charge in [0, 0.05) is 26.2 Å². The van der Waals surface area contributed by atoms with E-state index in [1.54, 1.807) is 11.2 Å². The van der Waals surface area contributed by atoms with E-state index in [9.17, 15) is 8.42 Å². The van der Waals surface area contributed by atoms with E-state index in [0.29, 0.717) is 31.2 Å². The molecule has 2 aliphatic heterocycles. The van der Waals surface area contributed by atoms with Gasteiger partial charge in [-0.1, -0.05) is 0 Å². The first-order valence-electron chi connectivity index (χ1n) is 8.26. The van der Waals surface area contributed by atoms with E-state index in [2.05, 4.69) is 18.7 Å². The Hall–Kier alpha value is -0.170. The van der Waals surface area contributed by atoms with Crippen molar-refractivity contribution in [1.29, 1.82) is 0 Å². The third-order valence-corrected chi connectivity index (χ3v) is 6.56. The number of ether oxygens (including phenoxy) is 1. The fourth-order valence-corrected chi connectivity index (χ4v) is 4.62. The molecule has 0 N–H and O–H groups in total. The summed E-state index contributed by atoms with van der Waals surface area (Å²) in [5, 5.41) is 0. The van der Waals surface area contributed by atoms with E-state index in [4.69, 9.17) is 4.74 Å². The van der Waals surface area contributed by atoms with Gasteiger partial charge in [0.25, 0.3) is 0 Å². The van der Waals surface area contributed by atoms with Gasteiger partial charge in [-0.15, -0.1) is 0 Å². The fraction of sp³-hybridized carbons (Fsp3) is 1.00. The van der Waals surface area contributed by atoms with Gasteiger partial charge in [0.15, 0.2) is 0 Å². The SMILES string of the molecule is CCS(=O)(=O)N1CCC(CCN2CC(C)OC(C)C2)CC1. The van der Waals surface area contributed by atoms with Crippen LogP contribution in [-0.4, -0.2) is 68.3 Å². The number of nitrogens with zero attached hydrogens (tertiary/aromatic N) is 2. The first-order chi connectivity index (χ1) is 9.90. The second-order valence-corrected chi connectivity index (χ2v) is 8.81. The topological polar surface area (TPSA) is 49.9 Å². The van der Waals surface area contributed by atoms with Crippen LogP contribution in [0.2, 0.25) is 0 Å². The number of piperidine rings is 1. The highest BCUT2D eigenvalue weighted by molar-refractivity contribution is 7.89. The van der Waals surface area contributed by atoms with Gasteiger partial charge in [-0.3, -0.25) is 4.90 Å². The molecule has 5 nitrogen and oxygen atoms in total. The van der Waals surface area contributed by atoms with Crippen LogP contribution in [0.5, 0.6) is 0 Å². The monoisotopic (exact) mass is 318 g/mol. The molecule has 0 spiro atoms. The van der Waals surface area contributed by atoms with Crippen LogP contribution >= 0.6 is 0 Å². The maximum absolute atomic E-state index is 11.8. The van der Waals surface area contributed by atoms with Crippen LogP contribution in [0.4, 0.5) is 0 Å². The van der Waals surface area contributed by atoms with Crippen LogP contribution in [0.25, 0.3) is 0 Å². The second-order valence-electron chi connectivity index (χ2n) is 6.55. The highest BCUT2D eigenvalue weighted by Crippen LogP contribution is 2.23. The van der Waals surface area contributed by atoms with Crippen molar-refractivity contribution < 1.29 is 13.2 Å². The summed E-state index contributed by atoms with van der Waals surface area (Å²) >= 11 is 0. The van der Waals surface area contributed by atoms with Crippen LogP contribution in [0, 0.1) is 5.92 Å². The molecule has 124 valence electrons. The summed E-state index contributed by atoms with van der Waals surface area (Å²) in [7, 11) is -2.99. The zero-order valence-electron chi connectivity index (χ0n) is 13.6. The predicted molar refractivity (Wildman–Crippen MR) is 84.8 cm³/mol. The zero-order valence-corrected chi connectivity index (χ0v) is 14.4. The molecule has 21 heavy (non-hydrogen) atoms. The molecule has 0 aromatic heterocycles. The lowest BCUT2D eigenvalue weighted by molar-refractivity contribution is -0.0692. The highest BCUT2D eigenvalue weighted by Gasteiger charge is 2.28. The van der Waals surface area contributed by atoms with Gasteiger partial charge in [-0.05, 0) is 52.5 Å². The van der Waals surface area contributed by atoms with Crippen molar-refractivity contribution in [3.05, 3.63) is 0 Å². The number of rotatable bonds is 5. The molecule has 2 rings (SSSR count). The van der Waals surface area contributed by atoms with E-state index in [0.717, 1.165) is 32.5 Å². The maximum atomic E-state index is 11.8. The largest absolute Gasteiger partial charge is 0.373 e. The molecule has 0 bridgehead atoms. The van der Waals surface area contributed by atoms with Gasteiger partial charge in [0.05, 0.1) is 18.0 Å². The minimum Gasteiger partial charge on any atom is -0.373 e. The molecule has 2 atom stereocenters.